The number of carbonyl (C=O) groups is 1. The number of fused-ring (bicyclic) bond motifs is 1. The van der Waals surface area contributed by atoms with Crippen LogP contribution in [0.15, 0.2) is 44.7 Å². The van der Waals surface area contributed by atoms with Crippen molar-refractivity contribution in [1.82, 2.24) is 25.3 Å². The number of nitrogens with zero attached hydrogens (tertiary/aromatic N) is 3. The van der Waals surface area contributed by atoms with Gasteiger partial charge in [-0.3, -0.25) is 9.36 Å². The summed E-state index contributed by atoms with van der Waals surface area (Å²) in [5, 5.41) is 13.6. The zero-order chi connectivity index (χ0) is 15.4. The first-order chi connectivity index (χ1) is 10.7. The Morgan fingerprint density at radius 1 is 1.41 bits per heavy atom. The number of thioether (sulfide) groups is 1. The van der Waals surface area contributed by atoms with E-state index in [-0.39, 0.29) is 12.5 Å². The predicted octanol–water partition coefficient (Wildman–Crippen LogP) is 0.621. The quantitative estimate of drug-likeness (QED) is 0.510. The van der Waals surface area contributed by atoms with E-state index < -0.39 is 5.76 Å². The fraction of sp³-hybridized carbons (Fsp3) is 0.231. The van der Waals surface area contributed by atoms with Crippen LogP contribution in [0.1, 0.15) is 0 Å². The molecule has 1 aromatic carbocycles. The lowest BCUT2D eigenvalue weighted by molar-refractivity contribution is -0.121. The number of aromatic amines is 1. The highest BCUT2D eigenvalue weighted by Crippen LogP contribution is 2.12. The first-order valence-corrected chi connectivity index (χ1v) is 7.56. The normalized spacial score (nSPS) is 10.9. The zero-order valence-electron chi connectivity index (χ0n) is 11.5. The van der Waals surface area contributed by atoms with Gasteiger partial charge in [-0.2, -0.15) is 10.3 Å². The second kappa shape index (κ2) is 6.48. The Balaban J connectivity index is 1.55. The minimum Gasteiger partial charge on any atom is -0.408 e. The number of nitrogens with one attached hydrogen (secondary N) is 2. The van der Waals surface area contributed by atoms with Gasteiger partial charge >= 0.3 is 5.76 Å². The Morgan fingerprint density at radius 2 is 2.27 bits per heavy atom. The molecule has 0 unspecified atom stereocenters. The summed E-state index contributed by atoms with van der Waals surface area (Å²) in [6, 6.07) is 7.00. The van der Waals surface area contributed by atoms with Crippen molar-refractivity contribution >= 4 is 28.8 Å². The summed E-state index contributed by atoms with van der Waals surface area (Å²) in [5.41, 5.74) is 1.08. The van der Waals surface area contributed by atoms with Crippen LogP contribution in [-0.2, 0) is 11.3 Å². The molecule has 2 heterocycles. The Hall–Kier alpha value is -2.55. The van der Waals surface area contributed by atoms with E-state index in [9.17, 15) is 9.59 Å². The van der Waals surface area contributed by atoms with Crippen LogP contribution in [0.25, 0.3) is 11.1 Å². The highest BCUT2D eigenvalue weighted by atomic mass is 32.2. The van der Waals surface area contributed by atoms with E-state index in [1.54, 1.807) is 30.5 Å². The zero-order valence-corrected chi connectivity index (χ0v) is 12.3. The molecule has 2 N–H and O–H groups in total. The molecule has 22 heavy (non-hydrogen) atoms. The van der Waals surface area contributed by atoms with Gasteiger partial charge < -0.3 is 9.73 Å². The van der Waals surface area contributed by atoms with Crippen LogP contribution in [0.5, 0.6) is 0 Å². The number of benzene rings is 1. The van der Waals surface area contributed by atoms with Gasteiger partial charge in [0, 0.05) is 12.3 Å². The maximum atomic E-state index is 11.9. The van der Waals surface area contributed by atoms with E-state index in [1.165, 1.54) is 16.3 Å². The van der Waals surface area contributed by atoms with Gasteiger partial charge in [0.15, 0.2) is 5.58 Å². The van der Waals surface area contributed by atoms with Gasteiger partial charge in [-0.1, -0.05) is 12.1 Å². The lowest BCUT2D eigenvalue weighted by atomic mass is 10.3. The van der Waals surface area contributed by atoms with Gasteiger partial charge in [0.2, 0.25) is 5.91 Å². The Morgan fingerprint density at radius 3 is 3.09 bits per heavy atom. The molecule has 0 bridgehead atoms. The molecule has 3 rings (SSSR count). The molecule has 9 heteroatoms. The van der Waals surface area contributed by atoms with Crippen molar-refractivity contribution in [2.45, 2.75) is 11.6 Å². The number of oxazole rings is 1. The smallest absolute Gasteiger partial charge is 0.408 e. The van der Waals surface area contributed by atoms with Crippen molar-refractivity contribution in [3.05, 3.63) is 41.0 Å². The maximum Gasteiger partial charge on any atom is 0.420 e. The summed E-state index contributed by atoms with van der Waals surface area (Å²) in [7, 11) is 0. The third-order valence-electron chi connectivity index (χ3n) is 2.94. The molecule has 0 saturated carbocycles. The third kappa shape index (κ3) is 3.19. The number of amides is 1. The van der Waals surface area contributed by atoms with Gasteiger partial charge in [0.1, 0.15) is 11.6 Å². The van der Waals surface area contributed by atoms with E-state index in [4.69, 9.17) is 4.42 Å². The molecule has 1 amide bonds. The van der Waals surface area contributed by atoms with E-state index in [1.807, 2.05) is 0 Å². The number of para-hydroxylation sites is 2. The van der Waals surface area contributed by atoms with Gasteiger partial charge in [0.05, 0.1) is 11.7 Å². The van der Waals surface area contributed by atoms with Crippen LogP contribution in [0.4, 0.5) is 0 Å². The van der Waals surface area contributed by atoms with Crippen molar-refractivity contribution in [3.8, 4) is 0 Å². The highest BCUT2D eigenvalue weighted by Gasteiger charge is 2.11. The average molecular weight is 319 g/mol. The Labute approximate surface area is 128 Å². The molecular formula is C13H13N5O3S. The fourth-order valence-electron chi connectivity index (χ4n) is 1.97. The van der Waals surface area contributed by atoms with E-state index in [0.717, 1.165) is 5.03 Å². The van der Waals surface area contributed by atoms with E-state index >= 15 is 0 Å². The third-order valence-corrected chi connectivity index (χ3v) is 3.84. The highest BCUT2D eigenvalue weighted by molar-refractivity contribution is 7.99. The lowest BCUT2D eigenvalue weighted by Crippen LogP contribution is -2.32. The molecule has 0 atom stereocenters. The lowest BCUT2D eigenvalue weighted by Gasteiger charge is -2.04. The van der Waals surface area contributed by atoms with Crippen LogP contribution < -0.4 is 11.1 Å². The van der Waals surface area contributed by atoms with Crippen LogP contribution in [0.2, 0.25) is 0 Å². The summed E-state index contributed by atoms with van der Waals surface area (Å²) in [6.07, 6.45) is 1.61. The Kier molecular flexibility index (Phi) is 4.24. The van der Waals surface area contributed by atoms with Crippen molar-refractivity contribution in [1.29, 1.82) is 0 Å². The molecule has 8 nitrogen and oxygen atoms in total. The monoisotopic (exact) mass is 319 g/mol. The van der Waals surface area contributed by atoms with Crippen molar-refractivity contribution in [3.63, 3.8) is 0 Å². The fourth-order valence-corrected chi connectivity index (χ4v) is 2.62. The first kappa shape index (κ1) is 14.4. The Bertz CT molecular complexity index is 824. The standard InChI is InChI=1S/C13H13N5O3S/c19-11(14-5-6-22-12-7-15-17-16-12)8-18-9-3-1-2-4-10(9)21-13(18)20/h1-4,7H,5-6,8H2,(H,14,19)(H,15,16,17). The summed E-state index contributed by atoms with van der Waals surface area (Å²) < 4.78 is 6.39. The molecule has 2 aromatic heterocycles. The van der Waals surface area contributed by atoms with Gasteiger partial charge in [-0.15, -0.1) is 16.9 Å². The average Bonchev–Trinajstić information content (AvgIpc) is 3.13. The molecule has 0 aliphatic rings. The number of hydrogen-bond acceptors (Lipinski definition) is 6. The van der Waals surface area contributed by atoms with Gasteiger partial charge in [-0.25, -0.2) is 4.79 Å². The number of rotatable bonds is 6. The molecule has 0 saturated heterocycles. The van der Waals surface area contributed by atoms with E-state index in [0.29, 0.717) is 23.4 Å². The first-order valence-electron chi connectivity index (χ1n) is 6.57. The molecule has 0 spiro atoms. The largest absolute Gasteiger partial charge is 0.420 e. The second-order valence-corrected chi connectivity index (χ2v) is 5.54. The number of hydrogen-bond donors (Lipinski definition) is 2. The molecule has 0 aliphatic carbocycles. The van der Waals surface area contributed by atoms with E-state index in [2.05, 4.69) is 20.7 Å². The van der Waals surface area contributed by atoms with Gasteiger partial charge in [-0.05, 0) is 12.1 Å². The number of aromatic nitrogens is 4. The van der Waals surface area contributed by atoms with Crippen LogP contribution >= 0.6 is 11.8 Å². The summed E-state index contributed by atoms with van der Waals surface area (Å²) >= 11 is 1.48. The van der Waals surface area contributed by atoms with Crippen molar-refractivity contribution in [2.75, 3.05) is 12.3 Å². The minimum atomic E-state index is -0.534. The van der Waals surface area contributed by atoms with Crippen molar-refractivity contribution in [2.24, 2.45) is 0 Å². The minimum absolute atomic E-state index is 0.0650. The van der Waals surface area contributed by atoms with Gasteiger partial charge in [0.25, 0.3) is 0 Å². The topological polar surface area (TPSA) is 106 Å². The summed E-state index contributed by atoms with van der Waals surface area (Å²) in [5.74, 6) is -0.109. The predicted molar refractivity (Wildman–Crippen MR) is 80.6 cm³/mol. The SMILES string of the molecule is O=C(Cn1c(=O)oc2ccccc21)NCCSc1cn[nH]n1. The molecule has 0 aliphatic heterocycles. The van der Waals surface area contributed by atoms with Crippen LogP contribution in [-0.4, -0.2) is 38.2 Å². The van der Waals surface area contributed by atoms with Crippen LogP contribution in [0, 0.1) is 0 Å². The summed E-state index contributed by atoms with van der Waals surface area (Å²) in [6.45, 7) is 0.408. The summed E-state index contributed by atoms with van der Waals surface area (Å²) in [4.78, 5) is 23.7. The van der Waals surface area contributed by atoms with Crippen molar-refractivity contribution < 1.29 is 9.21 Å². The number of carbonyl (C=O) groups excluding carboxylic acids is 1. The molecule has 114 valence electrons. The number of H-pyrrole nitrogens is 1. The molecule has 3 aromatic rings. The molecule has 0 radical (unpaired) electrons. The molecule has 0 fully saturated rings. The maximum absolute atomic E-state index is 11.9. The second-order valence-electron chi connectivity index (χ2n) is 4.43. The molecular weight excluding hydrogens is 306 g/mol. The van der Waals surface area contributed by atoms with Crippen LogP contribution in [0.3, 0.4) is 0 Å².